The molecule has 1 saturated heterocycles. The second kappa shape index (κ2) is 4.06. The van der Waals surface area contributed by atoms with E-state index in [1.165, 1.54) is 11.1 Å². The standard InChI is InChI=1S/C12H15NOS/c1-2-11(14-12-7-15-8-12)5-10-6-13-4-3-9(1)10/h1-2,5,12-13H,3-4,6-8H2. The van der Waals surface area contributed by atoms with Crippen molar-refractivity contribution in [3.8, 4) is 5.75 Å². The smallest absolute Gasteiger partial charge is 0.120 e. The SMILES string of the molecule is c1cc2c(cc1OC1CSC1)CNCC2. The molecule has 0 unspecified atom stereocenters. The molecule has 2 aliphatic heterocycles. The van der Waals surface area contributed by atoms with Gasteiger partial charge in [0.1, 0.15) is 11.9 Å². The predicted molar refractivity (Wildman–Crippen MR) is 63.6 cm³/mol. The number of hydrogen-bond acceptors (Lipinski definition) is 3. The van der Waals surface area contributed by atoms with Crippen LogP contribution in [0.3, 0.4) is 0 Å². The molecule has 0 bridgehead atoms. The van der Waals surface area contributed by atoms with E-state index >= 15 is 0 Å². The fourth-order valence-electron chi connectivity index (χ4n) is 2.00. The van der Waals surface area contributed by atoms with E-state index in [1.807, 2.05) is 11.8 Å². The minimum atomic E-state index is 0.449. The monoisotopic (exact) mass is 221 g/mol. The highest BCUT2D eigenvalue weighted by Crippen LogP contribution is 2.26. The topological polar surface area (TPSA) is 21.3 Å². The highest BCUT2D eigenvalue weighted by atomic mass is 32.2. The Hall–Kier alpha value is -0.670. The van der Waals surface area contributed by atoms with Gasteiger partial charge in [0.2, 0.25) is 0 Å². The molecule has 3 heteroatoms. The number of fused-ring (bicyclic) bond motifs is 1. The van der Waals surface area contributed by atoms with Gasteiger partial charge in [-0.15, -0.1) is 0 Å². The molecule has 0 atom stereocenters. The molecule has 1 N–H and O–H groups in total. The van der Waals surface area contributed by atoms with Gasteiger partial charge in [-0.05, 0) is 36.2 Å². The van der Waals surface area contributed by atoms with Crippen molar-refractivity contribution < 1.29 is 4.74 Å². The Bertz CT molecular complexity index is 363. The van der Waals surface area contributed by atoms with Crippen molar-refractivity contribution >= 4 is 11.8 Å². The molecule has 80 valence electrons. The second-order valence-electron chi connectivity index (χ2n) is 4.13. The first-order chi connectivity index (χ1) is 7.42. The summed E-state index contributed by atoms with van der Waals surface area (Å²) in [4.78, 5) is 0. The van der Waals surface area contributed by atoms with Crippen LogP contribution in [-0.2, 0) is 13.0 Å². The summed E-state index contributed by atoms with van der Waals surface area (Å²) < 4.78 is 5.87. The van der Waals surface area contributed by atoms with Crippen LogP contribution in [0.25, 0.3) is 0 Å². The Labute approximate surface area is 94.4 Å². The number of nitrogens with one attached hydrogen (secondary N) is 1. The lowest BCUT2D eigenvalue weighted by Crippen LogP contribution is -2.31. The van der Waals surface area contributed by atoms with Crippen LogP contribution >= 0.6 is 11.8 Å². The zero-order chi connectivity index (χ0) is 10.1. The molecule has 2 nitrogen and oxygen atoms in total. The molecular weight excluding hydrogens is 206 g/mol. The van der Waals surface area contributed by atoms with Crippen LogP contribution in [0.5, 0.6) is 5.75 Å². The fraction of sp³-hybridized carbons (Fsp3) is 0.500. The van der Waals surface area contributed by atoms with Gasteiger partial charge in [0.05, 0.1) is 0 Å². The molecule has 1 aromatic rings. The van der Waals surface area contributed by atoms with Crippen LogP contribution in [-0.4, -0.2) is 24.2 Å². The summed E-state index contributed by atoms with van der Waals surface area (Å²) in [5, 5.41) is 3.39. The summed E-state index contributed by atoms with van der Waals surface area (Å²) in [6.45, 7) is 2.10. The largest absolute Gasteiger partial charge is 0.489 e. The van der Waals surface area contributed by atoms with Crippen LogP contribution < -0.4 is 10.1 Å². The van der Waals surface area contributed by atoms with E-state index in [0.717, 1.165) is 36.8 Å². The van der Waals surface area contributed by atoms with Gasteiger partial charge >= 0.3 is 0 Å². The van der Waals surface area contributed by atoms with Gasteiger partial charge in [-0.3, -0.25) is 0 Å². The highest BCUT2D eigenvalue weighted by Gasteiger charge is 2.20. The summed E-state index contributed by atoms with van der Waals surface area (Å²) in [7, 11) is 0. The van der Waals surface area contributed by atoms with Gasteiger partial charge in [-0.1, -0.05) is 6.07 Å². The quantitative estimate of drug-likeness (QED) is 0.823. The number of hydrogen-bond donors (Lipinski definition) is 1. The highest BCUT2D eigenvalue weighted by molar-refractivity contribution is 8.00. The molecule has 0 radical (unpaired) electrons. The maximum atomic E-state index is 5.87. The molecule has 3 rings (SSSR count). The predicted octanol–water partition coefficient (Wildman–Crippen LogP) is 1.83. The van der Waals surface area contributed by atoms with Gasteiger partial charge in [0, 0.05) is 18.1 Å². The third-order valence-corrected chi connectivity index (χ3v) is 4.19. The van der Waals surface area contributed by atoms with Gasteiger partial charge in [0.25, 0.3) is 0 Å². The van der Waals surface area contributed by atoms with Crippen molar-refractivity contribution in [3.05, 3.63) is 29.3 Å². The number of thioether (sulfide) groups is 1. The molecule has 1 aromatic carbocycles. The van der Waals surface area contributed by atoms with Gasteiger partial charge in [-0.2, -0.15) is 11.8 Å². The average molecular weight is 221 g/mol. The Balaban J connectivity index is 1.77. The van der Waals surface area contributed by atoms with Crippen LogP contribution in [0, 0.1) is 0 Å². The van der Waals surface area contributed by atoms with E-state index in [4.69, 9.17) is 4.74 Å². The first-order valence-corrected chi connectivity index (χ1v) is 6.64. The fourth-order valence-corrected chi connectivity index (χ4v) is 2.57. The van der Waals surface area contributed by atoms with Crippen LogP contribution in [0.15, 0.2) is 18.2 Å². The summed E-state index contributed by atoms with van der Waals surface area (Å²) in [5.74, 6) is 3.34. The summed E-state index contributed by atoms with van der Waals surface area (Å²) in [5.41, 5.74) is 2.88. The maximum absolute atomic E-state index is 5.87. The summed E-state index contributed by atoms with van der Waals surface area (Å²) in [6, 6.07) is 6.54. The molecule has 0 amide bonds. The van der Waals surface area contributed by atoms with Gasteiger partial charge in [0.15, 0.2) is 0 Å². The van der Waals surface area contributed by atoms with Gasteiger partial charge in [-0.25, -0.2) is 0 Å². The molecule has 0 aromatic heterocycles. The molecule has 2 aliphatic rings. The lowest BCUT2D eigenvalue weighted by molar-refractivity contribution is 0.240. The third-order valence-electron chi connectivity index (χ3n) is 2.97. The Morgan fingerprint density at radius 1 is 1.27 bits per heavy atom. The van der Waals surface area contributed by atoms with E-state index < -0.39 is 0 Å². The van der Waals surface area contributed by atoms with Crippen molar-refractivity contribution in [3.63, 3.8) is 0 Å². The Morgan fingerprint density at radius 2 is 2.20 bits per heavy atom. The van der Waals surface area contributed by atoms with Crippen molar-refractivity contribution in [2.45, 2.75) is 19.1 Å². The van der Waals surface area contributed by atoms with Crippen molar-refractivity contribution in [2.24, 2.45) is 0 Å². The van der Waals surface area contributed by atoms with Crippen LogP contribution in [0.1, 0.15) is 11.1 Å². The Kier molecular flexibility index (Phi) is 2.59. The molecule has 2 heterocycles. The minimum Gasteiger partial charge on any atom is -0.489 e. The summed E-state index contributed by atoms with van der Waals surface area (Å²) >= 11 is 1.96. The third kappa shape index (κ3) is 1.99. The minimum absolute atomic E-state index is 0.449. The van der Waals surface area contributed by atoms with Crippen molar-refractivity contribution in [1.82, 2.24) is 5.32 Å². The molecule has 0 aliphatic carbocycles. The molecule has 15 heavy (non-hydrogen) atoms. The van der Waals surface area contributed by atoms with Crippen LogP contribution in [0.4, 0.5) is 0 Å². The van der Waals surface area contributed by atoms with Crippen molar-refractivity contribution in [1.29, 1.82) is 0 Å². The van der Waals surface area contributed by atoms with Crippen molar-refractivity contribution in [2.75, 3.05) is 18.1 Å². The molecular formula is C12H15NOS. The Morgan fingerprint density at radius 3 is 3.00 bits per heavy atom. The first-order valence-electron chi connectivity index (χ1n) is 5.49. The molecule has 0 spiro atoms. The second-order valence-corrected chi connectivity index (χ2v) is 5.21. The van der Waals surface area contributed by atoms with E-state index in [0.29, 0.717) is 6.10 Å². The van der Waals surface area contributed by atoms with E-state index in [2.05, 4.69) is 23.5 Å². The van der Waals surface area contributed by atoms with Gasteiger partial charge < -0.3 is 10.1 Å². The zero-order valence-corrected chi connectivity index (χ0v) is 9.48. The van der Waals surface area contributed by atoms with E-state index in [9.17, 15) is 0 Å². The van der Waals surface area contributed by atoms with Crippen LogP contribution in [0.2, 0.25) is 0 Å². The first kappa shape index (κ1) is 9.55. The number of benzene rings is 1. The zero-order valence-electron chi connectivity index (χ0n) is 8.66. The summed E-state index contributed by atoms with van der Waals surface area (Å²) in [6.07, 6.45) is 1.60. The normalized spacial score (nSPS) is 20.5. The molecule has 0 saturated carbocycles. The molecule has 1 fully saturated rings. The van der Waals surface area contributed by atoms with E-state index in [1.54, 1.807) is 0 Å². The number of rotatable bonds is 2. The van der Waals surface area contributed by atoms with E-state index in [-0.39, 0.29) is 0 Å². The lowest BCUT2D eigenvalue weighted by atomic mass is 10.0. The lowest BCUT2D eigenvalue weighted by Gasteiger charge is -2.27. The average Bonchev–Trinajstić information content (AvgIpc) is 2.23. The number of ether oxygens (including phenoxy) is 1. The maximum Gasteiger partial charge on any atom is 0.120 e.